The number of hydrogen-bond donors (Lipinski definition) is 0. The van der Waals surface area contributed by atoms with Crippen LogP contribution in [0.5, 0.6) is 0 Å². The molecular weight excluding hydrogens is 825 g/mol. The van der Waals surface area contributed by atoms with Crippen LogP contribution in [-0.2, 0) is 0 Å². The van der Waals surface area contributed by atoms with Crippen molar-refractivity contribution in [3.8, 4) is 33.4 Å². The minimum Gasteiger partial charge on any atom is -0.311 e. The summed E-state index contributed by atoms with van der Waals surface area (Å²) in [6, 6.07) is 62.3. The quantitative estimate of drug-likeness (QED) is 0.105. The van der Waals surface area contributed by atoms with Crippen LogP contribution in [0.1, 0.15) is 22.3 Å². The molecular formula is C60H44F4N2. The highest BCUT2D eigenvalue weighted by molar-refractivity contribution is 6.12. The Balaban J connectivity index is 1.06. The molecule has 0 aliphatic carbocycles. The minimum atomic E-state index is -1.49. The molecule has 0 amide bonds. The lowest BCUT2D eigenvalue weighted by Crippen LogP contribution is -2.16. The molecule has 0 aromatic heterocycles. The number of rotatable bonds is 9. The van der Waals surface area contributed by atoms with Gasteiger partial charge < -0.3 is 9.80 Å². The highest BCUT2D eigenvalue weighted by atomic mass is 19.2. The molecule has 66 heavy (non-hydrogen) atoms. The number of anilines is 6. The van der Waals surface area contributed by atoms with Gasteiger partial charge in [-0.3, -0.25) is 0 Å². The van der Waals surface area contributed by atoms with Gasteiger partial charge in [0.1, 0.15) is 5.69 Å². The first-order valence-corrected chi connectivity index (χ1v) is 21.9. The van der Waals surface area contributed by atoms with Crippen molar-refractivity contribution >= 4 is 55.7 Å². The summed E-state index contributed by atoms with van der Waals surface area (Å²) in [6.07, 6.45) is 0. The molecule has 322 valence electrons. The third-order valence-electron chi connectivity index (χ3n) is 12.5. The Morgan fingerprint density at radius 1 is 0.273 bits per heavy atom. The molecule has 10 aromatic rings. The van der Waals surface area contributed by atoms with Crippen molar-refractivity contribution in [2.75, 3.05) is 9.80 Å². The van der Waals surface area contributed by atoms with Crippen molar-refractivity contribution < 1.29 is 17.6 Å². The van der Waals surface area contributed by atoms with Crippen LogP contribution < -0.4 is 9.80 Å². The zero-order chi connectivity index (χ0) is 45.6. The van der Waals surface area contributed by atoms with Crippen molar-refractivity contribution in [2.45, 2.75) is 27.7 Å². The molecule has 0 aliphatic heterocycles. The fourth-order valence-electron chi connectivity index (χ4n) is 9.01. The number of halogens is 4. The standard InChI is InChI=1S/C60H44F4N2/c1-37-13-23-42(24-14-37)65(43-25-15-38(2)16-26-43)44-31-21-41(22-32-44)47-33-34-52(49-10-6-5-9-48(47)49)53-35-36-54(51-12-8-7-11-50(51)53)55-56(61)58(63)60(59(64)57(55)62)66(45-27-17-39(3)18-28-45)46-29-19-40(4)20-30-46/h5-36H,1-4H3. The summed E-state index contributed by atoms with van der Waals surface area (Å²) < 4.78 is 66.8. The molecule has 10 rings (SSSR count). The van der Waals surface area contributed by atoms with Gasteiger partial charge in [-0.25, -0.2) is 17.6 Å². The van der Waals surface area contributed by atoms with Gasteiger partial charge >= 0.3 is 0 Å². The van der Waals surface area contributed by atoms with Gasteiger partial charge in [0, 0.05) is 28.4 Å². The van der Waals surface area contributed by atoms with E-state index < -0.39 is 34.5 Å². The molecule has 2 nitrogen and oxygen atoms in total. The summed E-state index contributed by atoms with van der Waals surface area (Å²) in [5.74, 6) is -5.95. The van der Waals surface area contributed by atoms with Crippen molar-refractivity contribution in [3.63, 3.8) is 0 Å². The number of aryl methyl sites for hydroxylation is 4. The SMILES string of the molecule is Cc1ccc(N(c2ccc(C)cc2)c2ccc(-c3ccc(-c4ccc(-c5c(F)c(F)c(N(c6ccc(C)cc6)c6ccc(C)cc6)c(F)c5F)c5ccccc45)c4ccccc34)cc2)cc1. The lowest BCUT2D eigenvalue weighted by atomic mass is 9.87. The van der Waals surface area contributed by atoms with Crippen LogP contribution in [-0.4, -0.2) is 0 Å². The molecule has 0 saturated carbocycles. The molecule has 0 radical (unpaired) electrons. The van der Waals surface area contributed by atoms with Crippen LogP contribution in [0.25, 0.3) is 54.9 Å². The van der Waals surface area contributed by atoms with Gasteiger partial charge in [0.25, 0.3) is 0 Å². The average Bonchev–Trinajstić information content (AvgIpc) is 3.34. The summed E-state index contributed by atoms with van der Waals surface area (Å²) in [4.78, 5) is 3.47. The van der Waals surface area contributed by atoms with E-state index in [1.165, 1.54) is 16.0 Å². The normalized spacial score (nSPS) is 11.3. The van der Waals surface area contributed by atoms with Crippen LogP contribution in [0.15, 0.2) is 194 Å². The number of benzene rings is 10. The Bertz CT molecular complexity index is 3300. The predicted octanol–water partition coefficient (Wildman–Crippen LogP) is 17.7. The molecule has 0 saturated heterocycles. The van der Waals surface area contributed by atoms with E-state index in [0.717, 1.165) is 61.2 Å². The fourth-order valence-corrected chi connectivity index (χ4v) is 9.01. The van der Waals surface area contributed by atoms with E-state index in [1.54, 1.807) is 72.8 Å². The van der Waals surface area contributed by atoms with Crippen molar-refractivity contribution in [1.29, 1.82) is 0 Å². The molecule has 0 spiro atoms. The molecule has 0 heterocycles. The Kier molecular flexibility index (Phi) is 11.0. The number of nitrogens with zero attached hydrogens (tertiary/aromatic N) is 2. The topological polar surface area (TPSA) is 6.48 Å². The minimum absolute atomic E-state index is 0.0391. The van der Waals surface area contributed by atoms with Crippen molar-refractivity contribution in [3.05, 3.63) is 240 Å². The molecule has 0 unspecified atom stereocenters. The lowest BCUT2D eigenvalue weighted by molar-refractivity contribution is 0.461. The molecule has 0 aliphatic rings. The first-order chi connectivity index (χ1) is 32.0. The second-order valence-corrected chi connectivity index (χ2v) is 17.0. The van der Waals surface area contributed by atoms with Crippen LogP contribution in [0.4, 0.5) is 51.7 Å². The second-order valence-electron chi connectivity index (χ2n) is 17.0. The summed E-state index contributed by atoms with van der Waals surface area (Å²) in [5, 5.41) is 3.12. The van der Waals surface area contributed by atoms with Gasteiger partial charge in [-0.15, -0.1) is 0 Å². The van der Waals surface area contributed by atoms with E-state index in [0.29, 0.717) is 22.1 Å². The van der Waals surface area contributed by atoms with Gasteiger partial charge in [0.2, 0.25) is 0 Å². The predicted molar refractivity (Wildman–Crippen MR) is 266 cm³/mol. The van der Waals surface area contributed by atoms with Crippen molar-refractivity contribution in [1.82, 2.24) is 0 Å². The molecule has 0 atom stereocenters. The second kappa shape index (κ2) is 17.2. The number of fused-ring (bicyclic) bond motifs is 2. The van der Waals surface area contributed by atoms with Gasteiger partial charge in [0.05, 0.1) is 5.56 Å². The molecule has 0 bridgehead atoms. The summed E-state index contributed by atoms with van der Waals surface area (Å²) in [5.41, 5.74) is 10.3. The van der Waals surface area contributed by atoms with Gasteiger partial charge in [-0.05, 0) is 138 Å². The highest BCUT2D eigenvalue weighted by Gasteiger charge is 2.32. The monoisotopic (exact) mass is 868 g/mol. The largest absolute Gasteiger partial charge is 0.311 e. The summed E-state index contributed by atoms with van der Waals surface area (Å²) in [6.45, 7) is 7.94. The van der Waals surface area contributed by atoms with Crippen LogP contribution >= 0.6 is 0 Å². The van der Waals surface area contributed by atoms with E-state index >= 15 is 17.6 Å². The summed E-state index contributed by atoms with van der Waals surface area (Å²) in [7, 11) is 0. The van der Waals surface area contributed by atoms with E-state index in [4.69, 9.17) is 0 Å². The van der Waals surface area contributed by atoms with Crippen LogP contribution in [0, 0.1) is 51.0 Å². The molecule has 6 heteroatoms. The van der Waals surface area contributed by atoms with E-state index in [-0.39, 0.29) is 5.56 Å². The maximum atomic E-state index is 16.7. The Labute approximate surface area is 382 Å². The zero-order valence-electron chi connectivity index (χ0n) is 36.9. The smallest absolute Gasteiger partial charge is 0.186 e. The van der Waals surface area contributed by atoms with Gasteiger partial charge in [-0.2, -0.15) is 0 Å². The lowest BCUT2D eigenvalue weighted by Gasteiger charge is -2.27. The Morgan fingerprint density at radius 2 is 0.561 bits per heavy atom. The molecule has 0 N–H and O–H groups in total. The van der Waals surface area contributed by atoms with E-state index in [9.17, 15) is 0 Å². The third-order valence-corrected chi connectivity index (χ3v) is 12.5. The van der Waals surface area contributed by atoms with Gasteiger partial charge in [0.15, 0.2) is 23.3 Å². The van der Waals surface area contributed by atoms with Gasteiger partial charge in [-0.1, -0.05) is 156 Å². The Hall–Kier alpha value is -7.96. The first kappa shape index (κ1) is 42.0. The van der Waals surface area contributed by atoms with Crippen LogP contribution in [0.2, 0.25) is 0 Å². The van der Waals surface area contributed by atoms with Crippen molar-refractivity contribution in [2.24, 2.45) is 0 Å². The summed E-state index contributed by atoms with van der Waals surface area (Å²) >= 11 is 0. The first-order valence-electron chi connectivity index (χ1n) is 21.9. The molecule has 10 aromatic carbocycles. The fraction of sp³-hybridized carbons (Fsp3) is 0.0667. The zero-order valence-corrected chi connectivity index (χ0v) is 36.9. The van der Waals surface area contributed by atoms with E-state index in [2.05, 4.69) is 116 Å². The van der Waals surface area contributed by atoms with E-state index in [1.807, 2.05) is 38.1 Å². The third kappa shape index (κ3) is 7.54. The maximum Gasteiger partial charge on any atom is 0.186 e. The average molecular weight is 869 g/mol. The Morgan fingerprint density at radius 3 is 0.939 bits per heavy atom. The highest BCUT2D eigenvalue weighted by Crippen LogP contribution is 2.46. The van der Waals surface area contributed by atoms with Crippen LogP contribution in [0.3, 0.4) is 0 Å². The maximum absolute atomic E-state index is 16.7. The molecule has 0 fully saturated rings. The number of hydrogen-bond acceptors (Lipinski definition) is 2.